The number of hydrogen-bond donors (Lipinski definition) is 2. The molecule has 1 amide bonds. The van der Waals surface area contributed by atoms with Gasteiger partial charge in [0.2, 0.25) is 0 Å². The van der Waals surface area contributed by atoms with Crippen molar-refractivity contribution < 1.29 is 24.2 Å². The summed E-state index contributed by atoms with van der Waals surface area (Å²) in [6, 6.07) is 19.2. The molecule has 0 radical (unpaired) electrons. The van der Waals surface area contributed by atoms with Crippen LogP contribution in [0.25, 0.3) is 11.1 Å². The van der Waals surface area contributed by atoms with Crippen LogP contribution in [0.5, 0.6) is 11.5 Å². The average molecular weight is 377 g/mol. The second-order valence-electron chi connectivity index (χ2n) is 6.20. The minimum Gasteiger partial charge on any atom is -0.449 e. The highest BCUT2D eigenvalue weighted by molar-refractivity contribution is 5.95. The van der Waals surface area contributed by atoms with Crippen molar-refractivity contribution >= 4 is 17.9 Å². The van der Waals surface area contributed by atoms with Crippen LogP contribution in [0.2, 0.25) is 0 Å². The molecule has 0 fully saturated rings. The molecule has 0 aliphatic heterocycles. The monoisotopic (exact) mass is 377 g/mol. The molecule has 3 aromatic rings. The molecule has 3 aromatic carbocycles. The van der Waals surface area contributed by atoms with Crippen molar-refractivity contribution in [2.24, 2.45) is 0 Å². The zero-order valence-corrected chi connectivity index (χ0v) is 15.4. The minimum atomic E-state index is -1.41. The number of carboxylic acid groups (broad SMARTS) is 1. The number of benzene rings is 3. The van der Waals surface area contributed by atoms with Crippen LogP contribution in [0.15, 0.2) is 66.7 Å². The molecule has 2 N–H and O–H groups in total. The summed E-state index contributed by atoms with van der Waals surface area (Å²) in [5.74, 6) is 0.599. The normalized spacial score (nSPS) is 10.2. The van der Waals surface area contributed by atoms with Gasteiger partial charge in [-0.2, -0.15) is 0 Å². The first-order valence-electron chi connectivity index (χ1n) is 8.59. The highest BCUT2D eigenvalue weighted by atomic mass is 16.7. The Morgan fingerprint density at radius 3 is 2.29 bits per heavy atom. The van der Waals surface area contributed by atoms with Gasteiger partial charge in [0.05, 0.1) is 5.69 Å². The number of para-hydroxylation sites is 2. The van der Waals surface area contributed by atoms with E-state index in [2.05, 4.69) is 5.32 Å². The van der Waals surface area contributed by atoms with Crippen LogP contribution < -0.4 is 14.8 Å². The van der Waals surface area contributed by atoms with Gasteiger partial charge in [-0.1, -0.05) is 42.5 Å². The Bertz CT molecular complexity index is 1010. The van der Waals surface area contributed by atoms with Crippen LogP contribution in [-0.2, 0) is 0 Å². The number of carbonyl (C=O) groups excluding carboxylic acids is 1. The predicted octanol–water partition coefficient (Wildman–Crippen LogP) is 5.64. The van der Waals surface area contributed by atoms with Crippen molar-refractivity contribution in [2.45, 2.75) is 13.8 Å². The molecule has 6 heteroatoms. The zero-order valence-electron chi connectivity index (χ0n) is 15.4. The number of anilines is 1. The third kappa shape index (κ3) is 4.48. The third-order valence-electron chi connectivity index (χ3n) is 4.02. The number of aryl methyl sites for hydroxylation is 2. The topological polar surface area (TPSA) is 84.9 Å². The summed E-state index contributed by atoms with van der Waals surface area (Å²) < 4.78 is 10.2. The Labute approximate surface area is 162 Å². The molecular formula is C22H19NO5. The lowest BCUT2D eigenvalue weighted by Gasteiger charge is -2.17. The molecule has 0 aliphatic carbocycles. The van der Waals surface area contributed by atoms with Gasteiger partial charge in [0.15, 0.2) is 0 Å². The summed E-state index contributed by atoms with van der Waals surface area (Å²) in [5, 5.41) is 11.8. The van der Waals surface area contributed by atoms with Gasteiger partial charge in [-0.15, -0.1) is 0 Å². The molecule has 3 rings (SSSR count). The maximum absolute atomic E-state index is 12.4. The fourth-order valence-electron chi connectivity index (χ4n) is 3.01. The lowest BCUT2D eigenvalue weighted by Crippen LogP contribution is -2.17. The summed E-state index contributed by atoms with van der Waals surface area (Å²) in [6.45, 7) is 3.79. The fraction of sp³-hybridized carbons (Fsp3) is 0.0909. The van der Waals surface area contributed by atoms with Gasteiger partial charge < -0.3 is 14.6 Å². The van der Waals surface area contributed by atoms with E-state index in [0.717, 1.165) is 11.1 Å². The van der Waals surface area contributed by atoms with Crippen molar-refractivity contribution in [3.05, 3.63) is 77.9 Å². The van der Waals surface area contributed by atoms with E-state index in [1.165, 1.54) is 0 Å². The molecule has 0 saturated carbocycles. The number of amides is 1. The maximum Gasteiger partial charge on any atom is 0.511 e. The van der Waals surface area contributed by atoms with E-state index in [9.17, 15) is 9.59 Å². The van der Waals surface area contributed by atoms with Crippen LogP contribution in [0.4, 0.5) is 15.3 Å². The first-order chi connectivity index (χ1) is 13.4. The molecule has 0 spiro atoms. The van der Waals surface area contributed by atoms with Gasteiger partial charge in [0.25, 0.3) is 0 Å². The van der Waals surface area contributed by atoms with Gasteiger partial charge in [-0.25, -0.2) is 9.59 Å². The van der Waals surface area contributed by atoms with E-state index in [-0.39, 0.29) is 5.75 Å². The Morgan fingerprint density at radius 2 is 1.57 bits per heavy atom. The lowest BCUT2D eigenvalue weighted by molar-refractivity contribution is 0.144. The molecule has 0 heterocycles. The Balaban J connectivity index is 1.99. The van der Waals surface area contributed by atoms with Gasteiger partial charge in [-0.3, -0.25) is 5.32 Å². The second-order valence-corrected chi connectivity index (χ2v) is 6.20. The van der Waals surface area contributed by atoms with Crippen molar-refractivity contribution in [3.8, 4) is 22.6 Å². The highest BCUT2D eigenvalue weighted by Gasteiger charge is 2.18. The summed E-state index contributed by atoms with van der Waals surface area (Å²) in [4.78, 5) is 23.4. The minimum absolute atomic E-state index is 0.182. The average Bonchev–Trinajstić information content (AvgIpc) is 2.62. The van der Waals surface area contributed by atoms with E-state index in [1.54, 1.807) is 54.6 Å². The first-order valence-corrected chi connectivity index (χ1v) is 8.59. The molecule has 0 aromatic heterocycles. The zero-order chi connectivity index (χ0) is 20.1. The van der Waals surface area contributed by atoms with Crippen molar-refractivity contribution in [1.29, 1.82) is 0 Å². The van der Waals surface area contributed by atoms with Crippen molar-refractivity contribution in [3.63, 3.8) is 0 Å². The van der Waals surface area contributed by atoms with Crippen LogP contribution in [0, 0.1) is 13.8 Å². The van der Waals surface area contributed by atoms with Gasteiger partial charge in [-0.05, 0) is 49.2 Å². The molecule has 0 aliphatic rings. The molecule has 142 valence electrons. The quantitative estimate of drug-likeness (QED) is 0.454. The van der Waals surface area contributed by atoms with Gasteiger partial charge >= 0.3 is 12.2 Å². The highest BCUT2D eigenvalue weighted by Crippen LogP contribution is 2.38. The smallest absolute Gasteiger partial charge is 0.449 e. The molecule has 0 unspecified atom stereocenters. The summed E-state index contributed by atoms with van der Waals surface area (Å²) >= 11 is 0. The number of rotatable bonds is 4. The number of nitrogens with one attached hydrogen (secondary N) is 1. The Kier molecular flexibility index (Phi) is 5.60. The van der Waals surface area contributed by atoms with Crippen molar-refractivity contribution in [1.82, 2.24) is 0 Å². The van der Waals surface area contributed by atoms with Crippen molar-refractivity contribution in [2.75, 3.05) is 5.32 Å². The lowest BCUT2D eigenvalue weighted by atomic mass is 9.95. The first kappa shape index (κ1) is 19.0. The number of carbonyl (C=O) groups is 2. The third-order valence-corrected chi connectivity index (χ3v) is 4.02. The molecule has 0 atom stereocenters. The Hall–Kier alpha value is -3.80. The molecule has 0 saturated heterocycles. The van der Waals surface area contributed by atoms with Crippen LogP contribution in [-0.4, -0.2) is 17.4 Å². The summed E-state index contributed by atoms with van der Waals surface area (Å²) in [7, 11) is 0. The van der Waals surface area contributed by atoms with Crippen LogP contribution in [0.1, 0.15) is 11.1 Å². The van der Waals surface area contributed by atoms with E-state index < -0.39 is 12.2 Å². The second kappa shape index (κ2) is 8.26. The van der Waals surface area contributed by atoms with E-state index >= 15 is 0 Å². The maximum atomic E-state index is 12.4. The van der Waals surface area contributed by atoms with E-state index in [4.69, 9.17) is 14.6 Å². The van der Waals surface area contributed by atoms with Crippen LogP contribution in [0.3, 0.4) is 0 Å². The van der Waals surface area contributed by atoms with Crippen LogP contribution >= 0.6 is 0 Å². The van der Waals surface area contributed by atoms with E-state index in [0.29, 0.717) is 22.6 Å². The summed E-state index contributed by atoms with van der Waals surface area (Å²) in [5.41, 5.74) is 3.51. The SMILES string of the molecule is Cc1cc(C)c(-c2ccccc2OC(=O)O)c(NC(=O)Oc2ccccc2)c1. The fourth-order valence-corrected chi connectivity index (χ4v) is 3.01. The van der Waals surface area contributed by atoms with Gasteiger partial charge in [0, 0.05) is 11.1 Å². The summed E-state index contributed by atoms with van der Waals surface area (Å²) in [6.07, 6.45) is -2.05. The number of ether oxygens (including phenoxy) is 2. The number of hydrogen-bond acceptors (Lipinski definition) is 4. The molecular weight excluding hydrogens is 358 g/mol. The molecule has 6 nitrogen and oxygen atoms in total. The molecule has 0 bridgehead atoms. The largest absolute Gasteiger partial charge is 0.511 e. The predicted molar refractivity (Wildman–Crippen MR) is 106 cm³/mol. The Morgan fingerprint density at radius 1 is 0.893 bits per heavy atom. The van der Waals surface area contributed by atoms with E-state index in [1.807, 2.05) is 26.0 Å². The standard InChI is InChI=1S/C22H19NO5/c1-14-12-15(2)20(17-10-6-7-11-19(17)28-22(25)26)18(13-14)23-21(24)27-16-8-4-3-5-9-16/h3-13H,1-2H3,(H,23,24)(H,25,26). The van der Waals surface area contributed by atoms with Gasteiger partial charge in [0.1, 0.15) is 11.5 Å². The molecule has 28 heavy (non-hydrogen) atoms.